The van der Waals surface area contributed by atoms with Gasteiger partial charge in [0, 0.05) is 23.1 Å². The summed E-state index contributed by atoms with van der Waals surface area (Å²) in [6, 6.07) is 3.70. The van der Waals surface area contributed by atoms with Crippen LogP contribution in [-0.4, -0.2) is 23.2 Å². The molecular weight excluding hydrogens is 269 g/mol. The number of allylic oxidation sites excluding steroid dienone is 1. The van der Waals surface area contributed by atoms with E-state index in [1.807, 2.05) is 39.0 Å². The minimum absolute atomic E-state index is 0.253. The molecule has 0 fully saturated rings. The number of aromatic nitrogens is 1. The van der Waals surface area contributed by atoms with E-state index in [9.17, 15) is 8.63 Å². The van der Waals surface area contributed by atoms with Crippen LogP contribution in [0.15, 0.2) is 29.5 Å². The maximum Gasteiger partial charge on any atom is 0.673 e. The highest BCUT2D eigenvalue weighted by Crippen LogP contribution is 2.30. The predicted octanol–water partition coefficient (Wildman–Crippen LogP) is 4.91. The summed E-state index contributed by atoms with van der Waals surface area (Å²) >= 11 is 0. The molecule has 1 unspecified atom stereocenters. The summed E-state index contributed by atoms with van der Waals surface area (Å²) in [5, 5.41) is 0. The quantitative estimate of drug-likeness (QED) is 0.782. The van der Waals surface area contributed by atoms with Crippen LogP contribution in [0.3, 0.4) is 0 Å². The third-order valence-corrected chi connectivity index (χ3v) is 3.40. The molecule has 0 saturated carbocycles. The second-order valence-corrected chi connectivity index (χ2v) is 4.99. The molecule has 0 bridgehead atoms. The zero-order chi connectivity index (χ0) is 16.0. The lowest BCUT2D eigenvalue weighted by molar-refractivity contribution is 0.417. The van der Waals surface area contributed by atoms with Gasteiger partial charge in [-0.3, -0.25) is 8.63 Å². The molecule has 0 aromatic carbocycles. The molecule has 1 N–H and O–H groups in total. The number of aromatic amines is 1. The lowest BCUT2D eigenvalue weighted by atomic mass is 10.1. The maximum absolute atomic E-state index is 13.1. The first kappa shape index (κ1) is 17.5. The van der Waals surface area contributed by atoms with E-state index < -0.39 is 7.40 Å². The fourth-order valence-corrected chi connectivity index (χ4v) is 2.53. The van der Waals surface area contributed by atoms with Gasteiger partial charge in [0.25, 0.3) is 0 Å². The molecule has 1 aromatic heterocycles. The molecular formula is C16H25BF2N2. The Bertz CT molecular complexity index is 506. The van der Waals surface area contributed by atoms with Crippen LogP contribution in [0.2, 0.25) is 0 Å². The Labute approximate surface area is 127 Å². The molecule has 2 nitrogen and oxygen atoms in total. The van der Waals surface area contributed by atoms with Crippen LogP contribution in [0.4, 0.5) is 8.63 Å². The third kappa shape index (κ3) is 4.22. The fraction of sp³-hybridized carbons (Fsp3) is 0.500. The molecule has 1 aliphatic heterocycles. The van der Waals surface area contributed by atoms with E-state index in [4.69, 9.17) is 0 Å². The van der Waals surface area contributed by atoms with Gasteiger partial charge in [-0.15, -0.1) is 0 Å². The number of rotatable bonds is 4. The Balaban J connectivity index is 0.00000106. The zero-order valence-corrected chi connectivity index (χ0v) is 13.6. The van der Waals surface area contributed by atoms with Gasteiger partial charge in [0.2, 0.25) is 0 Å². The minimum atomic E-state index is -2.47. The van der Waals surface area contributed by atoms with Crippen molar-refractivity contribution in [2.45, 2.75) is 53.5 Å². The Morgan fingerprint density at radius 2 is 2.00 bits per heavy atom. The van der Waals surface area contributed by atoms with Crippen molar-refractivity contribution >= 4 is 13.5 Å². The first-order valence-corrected chi connectivity index (χ1v) is 7.67. The van der Waals surface area contributed by atoms with Crippen LogP contribution < -0.4 is 0 Å². The van der Waals surface area contributed by atoms with E-state index in [1.54, 1.807) is 13.0 Å². The van der Waals surface area contributed by atoms with E-state index in [0.29, 0.717) is 5.70 Å². The van der Waals surface area contributed by atoms with Crippen molar-refractivity contribution in [3.8, 4) is 0 Å². The molecule has 1 atom stereocenters. The molecule has 1 aliphatic rings. The van der Waals surface area contributed by atoms with Crippen molar-refractivity contribution in [2.75, 3.05) is 0 Å². The monoisotopic (exact) mass is 294 g/mol. The first-order valence-electron chi connectivity index (χ1n) is 7.67. The van der Waals surface area contributed by atoms with Gasteiger partial charge in [-0.2, -0.15) is 0 Å². The van der Waals surface area contributed by atoms with Crippen LogP contribution >= 0.6 is 0 Å². The minimum Gasteiger partial charge on any atom is -0.359 e. The lowest BCUT2D eigenvalue weighted by Gasteiger charge is -2.22. The second kappa shape index (κ2) is 8.06. The number of H-pyrrole nitrogens is 1. The summed E-state index contributed by atoms with van der Waals surface area (Å²) < 4.78 is 26.2. The lowest BCUT2D eigenvalue weighted by Crippen LogP contribution is -2.35. The van der Waals surface area contributed by atoms with Gasteiger partial charge in [0.15, 0.2) is 0 Å². The molecule has 1 aromatic rings. The van der Waals surface area contributed by atoms with E-state index in [1.165, 1.54) is 0 Å². The van der Waals surface area contributed by atoms with Crippen molar-refractivity contribution in [3.63, 3.8) is 0 Å². The summed E-state index contributed by atoms with van der Waals surface area (Å²) in [4.78, 5) is 4.41. The SMILES string of the molecule is CC.CCCc1ccc(/C=C2/C(C)=CC(C)N2B(F)F)[nH]1. The predicted molar refractivity (Wildman–Crippen MR) is 87.1 cm³/mol. The van der Waals surface area contributed by atoms with E-state index in [2.05, 4.69) is 11.9 Å². The molecule has 0 amide bonds. The van der Waals surface area contributed by atoms with Gasteiger partial charge in [0.05, 0.1) is 0 Å². The van der Waals surface area contributed by atoms with E-state index in [0.717, 1.165) is 34.6 Å². The highest BCUT2D eigenvalue weighted by atomic mass is 19.2. The first-order chi connectivity index (χ1) is 10.0. The van der Waals surface area contributed by atoms with Crippen molar-refractivity contribution in [1.82, 2.24) is 9.79 Å². The molecule has 0 radical (unpaired) electrons. The summed E-state index contributed by atoms with van der Waals surface area (Å²) in [7, 11) is -2.47. The number of hydrogen-bond acceptors (Lipinski definition) is 1. The standard InChI is InChI=1S/C14H19BF2N2.C2H6/c1-4-5-12-6-7-13(18-12)9-14-10(2)8-11(3)19(14)15(16)17;1-2/h6-9,11,18H,4-5H2,1-3H3;1-2H3/b14-9-;. The average Bonchev–Trinajstić information content (AvgIpc) is 2.98. The van der Waals surface area contributed by atoms with Crippen LogP contribution in [-0.2, 0) is 6.42 Å². The Hall–Kier alpha value is -1.52. The van der Waals surface area contributed by atoms with Crippen molar-refractivity contribution in [2.24, 2.45) is 0 Å². The number of nitrogens with zero attached hydrogens (tertiary/aromatic N) is 1. The molecule has 0 spiro atoms. The molecule has 116 valence electrons. The Morgan fingerprint density at radius 1 is 1.33 bits per heavy atom. The van der Waals surface area contributed by atoms with E-state index in [-0.39, 0.29) is 6.04 Å². The van der Waals surface area contributed by atoms with Crippen molar-refractivity contribution in [1.29, 1.82) is 0 Å². The smallest absolute Gasteiger partial charge is 0.359 e. The van der Waals surface area contributed by atoms with Crippen molar-refractivity contribution < 1.29 is 8.63 Å². The van der Waals surface area contributed by atoms with Crippen LogP contribution in [0.5, 0.6) is 0 Å². The number of hydrogen-bond donors (Lipinski definition) is 1. The zero-order valence-electron chi connectivity index (χ0n) is 13.6. The average molecular weight is 294 g/mol. The van der Waals surface area contributed by atoms with Crippen LogP contribution in [0.1, 0.15) is 52.4 Å². The largest absolute Gasteiger partial charge is 0.673 e. The van der Waals surface area contributed by atoms with Gasteiger partial charge >= 0.3 is 7.40 Å². The Morgan fingerprint density at radius 3 is 2.57 bits per heavy atom. The number of halogens is 2. The van der Waals surface area contributed by atoms with Crippen LogP contribution in [0, 0.1) is 0 Å². The van der Waals surface area contributed by atoms with Gasteiger partial charge in [-0.1, -0.05) is 33.3 Å². The topological polar surface area (TPSA) is 19.0 Å². The van der Waals surface area contributed by atoms with Gasteiger partial charge in [-0.05, 0) is 44.1 Å². The molecule has 2 heterocycles. The molecule has 0 aliphatic carbocycles. The molecule has 5 heteroatoms. The summed E-state index contributed by atoms with van der Waals surface area (Å²) in [5.74, 6) is 0. The highest BCUT2D eigenvalue weighted by molar-refractivity contribution is 6.40. The van der Waals surface area contributed by atoms with Gasteiger partial charge in [0.1, 0.15) is 0 Å². The second-order valence-electron chi connectivity index (χ2n) is 4.99. The van der Waals surface area contributed by atoms with E-state index >= 15 is 0 Å². The maximum atomic E-state index is 13.1. The summed E-state index contributed by atoms with van der Waals surface area (Å²) in [6.07, 6.45) is 5.72. The number of aryl methyl sites for hydroxylation is 1. The molecule has 21 heavy (non-hydrogen) atoms. The van der Waals surface area contributed by atoms with Crippen LogP contribution in [0.25, 0.3) is 6.08 Å². The Kier molecular flexibility index (Phi) is 6.73. The summed E-state index contributed by atoms with van der Waals surface area (Å²) in [6.45, 7) is 9.78. The third-order valence-electron chi connectivity index (χ3n) is 3.40. The summed E-state index contributed by atoms with van der Waals surface area (Å²) in [5.41, 5.74) is 3.53. The number of nitrogens with one attached hydrogen (secondary N) is 1. The van der Waals surface area contributed by atoms with Gasteiger partial charge in [-0.25, -0.2) is 0 Å². The van der Waals surface area contributed by atoms with Crippen molar-refractivity contribution in [3.05, 3.63) is 40.9 Å². The fourth-order valence-electron chi connectivity index (χ4n) is 2.53. The van der Waals surface area contributed by atoms with Gasteiger partial charge < -0.3 is 9.79 Å². The normalized spacial score (nSPS) is 19.4. The molecule has 2 rings (SSSR count). The highest BCUT2D eigenvalue weighted by Gasteiger charge is 2.35. The molecule has 0 saturated heterocycles.